The topological polar surface area (TPSA) is 75.5 Å². The van der Waals surface area contributed by atoms with E-state index < -0.39 is 11.0 Å². The molecule has 0 atom stereocenters. The minimum absolute atomic E-state index is 0.322. The zero-order chi connectivity index (χ0) is 17.1. The Labute approximate surface area is 137 Å². The highest BCUT2D eigenvalue weighted by Gasteiger charge is 2.39. The van der Waals surface area contributed by atoms with Crippen molar-refractivity contribution in [3.05, 3.63) is 23.9 Å². The second-order valence-electron chi connectivity index (χ2n) is 6.75. The summed E-state index contributed by atoms with van der Waals surface area (Å²) < 4.78 is 10.4. The SMILES string of the molecule is COc1ccc(C2(C#N)CCN(C(=O)OC(C)(C)C)CC2)cn1. The lowest BCUT2D eigenvalue weighted by atomic mass is 9.75. The number of hydrogen-bond acceptors (Lipinski definition) is 5. The van der Waals surface area contributed by atoms with Gasteiger partial charge in [-0.3, -0.25) is 0 Å². The number of carbonyl (C=O) groups is 1. The second kappa shape index (κ2) is 6.45. The van der Waals surface area contributed by atoms with Crippen LogP contribution in [-0.2, 0) is 10.2 Å². The number of nitrogens with zero attached hydrogens (tertiary/aromatic N) is 3. The zero-order valence-corrected chi connectivity index (χ0v) is 14.1. The van der Waals surface area contributed by atoms with E-state index in [0.29, 0.717) is 31.8 Å². The number of piperidine rings is 1. The molecular formula is C17H23N3O3. The molecular weight excluding hydrogens is 294 g/mol. The summed E-state index contributed by atoms with van der Waals surface area (Å²) in [5, 5.41) is 9.69. The molecule has 1 aromatic rings. The summed E-state index contributed by atoms with van der Waals surface area (Å²) in [6.45, 7) is 6.52. The Morgan fingerprint density at radius 2 is 2.00 bits per heavy atom. The third-order valence-electron chi connectivity index (χ3n) is 3.98. The monoisotopic (exact) mass is 317 g/mol. The average Bonchev–Trinajstić information content (AvgIpc) is 2.53. The van der Waals surface area contributed by atoms with Crippen LogP contribution in [0, 0.1) is 11.3 Å². The maximum absolute atomic E-state index is 12.1. The summed E-state index contributed by atoms with van der Waals surface area (Å²) in [5.41, 5.74) is -0.261. The Morgan fingerprint density at radius 1 is 1.35 bits per heavy atom. The third-order valence-corrected chi connectivity index (χ3v) is 3.98. The highest BCUT2D eigenvalue weighted by molar-refractivity contribution is 5.68. The van der Waals surface area contributed by atoms with Gasteiger partial charge >= 0.3 is 6.09 Å². The second-order valence-corrected chi connectivity index (χ2v) is 6.75. The molecule has 124 valence electrons. The number of rotatable bonds is 2. The minimum atomic E-state index is -0.613. The molecule has 0 aromatic carbocycles. The summed E-state index contributed by atoms with van der Waals surface area (Å²) in [5.74, 6) is 0.521. The fraction of sp³-hybridized carbons (Fsp3) is 0.588. The molecule has 0 unspecified atom stereocenters. The van der Waals surface area contributed by atoms with Crippen molar-refractivity contribution in [3.63, 3.8) is 0 Å². The molecule has 1 aromatic heterocycles. The van der Waals surface area contributed by atoms with Crippen LogP contribution < -0.4 is 4.74 Å². The van der Waals surface area contributed by atoms with Gasteiger partial charge in [0, 0.05) is 25.4 Å². The molecule has 1 fully saturated rings. The van der Waals surface area contributed by atoms with Crippen molar-refractivity contribution < 1.29 is 14.3 Å². The molecule has 0 spiro atoms. The van der Waals surface area contributed by atoms with Gasteiger partial charge in [0.05, 0.1) is 18.6 Å². The number of ether oxygens (including phenoxy) is 2. The predicted molar refractivity (Wildman–Crippen MR) is 85.1 cm³/mol. The van der Waals surface area contributed by atoms with Crippen LogP contribution in [0.1, 0.15) is 39.2 Å². The highest BCUT2D eigenvalue weighted by atomic mass is 16.6. The molecule has 1 aliphatic rings. The van der Waals surface area contributed by atoms with Gasteiger partial charge in [-0.05, 0) is 39.2 Å². The minimum Gasteiger partial charge on any atom is -0.481 e. The third kappa shape index (κ3) is 3.92. The molecule has 1 amide bonds. The molecule has 0 N–H and O–H groups in total. The molecule has 0 saturated carbocycles. The van der Waals surface area contributed by atoms with Crippen LogP contribution in [0.4, 0.5) is 4.79 Å². The summed E-state index contributed by atoms with van der Waals surface area (Å²) in [7, 11) is 1.56. The fourth-order valence-electron chi connectivity index (χ4n) is 2.65. The molecule has 6 heteroatoms. The first-order valence-corrected chi connectivity index (χ1v) is 7.69. The van der Waals surface area contributed by atoms with E-state index in [-0.39, 0.29) is 6.09 Å². The maximum Gasteiger partial charge on any atom is 0.410 e. The van der Waals surface area contributed by atoms with E-state index in [4.69, 9.17) is 9.47 Å². The van der Waals surface area contributed by atoms with Gasteiger partial charge in [0.1, 0.15) is 5.60 Å². The van der Waals surface area contributed by atoms with E-state index in [1.807, 2.05) is 26.8 Å². The summed E-state index contributed by atoms with van der Waals surface area (Å²) >= 11 is 0. The van der Waals surface area contributed by atoms with Crippen molar-refractivity contribution in [1.29, 1.82) is 5.26 Å². The molecule has 1 aliphatic heterocycles. The number of nitriles is 1. The number of aromatic nitrogens is 1. The Hall–Kier alpha value is -2.29. The van der Waals surface area contributed by atoms with Crippen molar-refractivity contribution in [3.8, 4) is 11.9 Å². The van der Waals surface area contributed by atoms with Gasteiger partial charge in [0.25, 0.3) is 0 Å². The normalized spacial score (nSPS) is 17.3. The fourth-order valence-corrected chi connectivity index (χ4v) is 2.65. The number of hydrogen-bond donors (Lipinski definition) is 0. The molecule has 0 radical (unpaired) electrons. The molecule has 6 nitrogen and oxygen atoms in total. The highest BCUT2D eigenvalue weighted by Crippen LogP contribution is 2.35. The van der Waals surface area contributed by atoms with Crippen molar-refractivity contribution in [2.24, 2.45) is 0 Å². The lowest BCUT2D eigenvalue weighted by Gasteiger charge is -2.37. The zero-order valence-electron chi connectivity index (χ0n) is 14.1. The van der Waals surface area contributed by atoms with Gasteiger partial charge in [0.2, 0.25) is 5.88 Å². The van der Waals surface area contributed by atoms with Gasteiger partial charge in [-0.15, -0.1) is 0 Å². The van der Waals surface area contributed by atoms with E-state index in [9.17, 15) is 10.1 Å². The van der Waals surface area contributed by atoms with Crippen LogP contribution in [-0.4, -0.2) is 41.8 Å². The Morgan fingerprint density at radius 3 is 2.43 bits per heavy atom. The van der Waals surface area contributed by atoms with Gasteiger partial charge in [-0.25, -0.2) is 9.78 Å². The van der Waals surface area contributed by atoms with Crippen molar-refractivity contribution >= 4 is 6.09 Å². The van der Waals surface area contributed by atoms with Gasteiger partial charge in [-0.2, -0.15) is 5.26 Å². The molecule has 23 heavy (non-hydrogen) atoms. The van der Waals surface area contributed by atoms with Crippen LogP contribution in [0.15, 0.2) is 18.3 Å². The Balaban J connectivity index is 2.07. The average molecular weight is 317 g/mol. The molecule has 0 aliphatic carbocycles. The molecule has 0 bridgehead atoms. The van der Waals surface area contributed by atoms with Gasteiger partial charge < -0.3 is 14.4 Å². The van der Waals surface area contributed by atoms with Gasteiger partial charge in [0.15, 0.2) is 0 Å². The predicted octanol–water partition coefficient (Wildman–Crippen LogP) is 2.88. The summed E-state index contributed by atoms with van der Waals surface area (Å²) in [6, 6.07) is 6.05. The van der Waals surface area contributed by atoms with E-state index in [1.54, 1.807) is 24.3 Å². The van der Waals surface area contributed by atoms with E-state index in [1.165, 1.54) is 0 Å². The Kier molecular flexibility index (Phi) is 4.79. The lowest BCUT2D eigenvalue weighted by molar-refractivity contribution is 0.0185. The van der Waals surface area contributed by atoms with Crippen LogP contribution in [0.5, 0.6) is 5.88 Å². The smallest absolute Gasteiger partial charge is 0.410 e. The number of carbonyl (C=O) groups excluding carboxylic acids is 1. The Bertz CT molecular complexity index is 591. The largest absolute Gasteiger partial charge is 0.481 e. The van der Waals surface area contributed by atoms with Crippen molar-refractivity contribution in [2.45, 2.75) is 44.6 Å². The number of amides is 1. The van der Waals surface area contributed by atoms with E-state index >= 15 is 0 Å². The summed E-state index contributed by atoms with van der Waals surface area (Å²) in [6.07, 6.45) is 2.50. The quantitative estimate of drug-likeness (QED) is 0.838. The van der Waals surface area contributed by atoms with Crippen molar-refractivity contribution in [1.82, 2.24) is 9.88 Å². The standard InChI is InChI=1S/C17H23N3O3/c1-16(2,3)23-15(21)20-9-7-17(12-18,8-10-20)13-5-6-14(22-4)19-11-13/h5-6,11H,7-10H2,1-4H3. The van der Waals surface area contributed by atoms with Crippen molar-refractivity contribution in [2.75, 3.05) is 20.2 Å². The number of pyridine rings is 1. The van der Waals surface area contributed by atoms with E-state index in [2.05, 4.69) is 11.1 Å². The van der Waals surface area contributed by atoms with Crippen LogP contribution in [0.2, 0.25) is 0 Å². The molecule has 2 heterocycles. The number of likely N-dealkylation sites (tertiary alicyclic amines) is 1. The summed E-state index contributed by atoms with van der Waals surface area (Å²) in [4.78, 5) is 18.0. The van der Waals surface area contributed by atoms with Gasteiger partial charge in [-0.1, -0.05) is 6.07 Å². The first-order valence-electron chi connectivity index (χ1n) is 7.69. The van der Waals surface area contributed by atoms with Crippen LogP contribution in [0.25, 0.3) is 0 Å². The number of methoxy groups -OCH3 is 1. The molecule has 2 rings (SSSR count). The lowest BCUT2D eigenvalue weighted by Crippen LogP contribution is -2.46. The first kappa shape index (κ1) is 17.1. The van der Waals surface area contributed by atoms with Crippen LogP contribution in [0.3, 0.4) is 0 Å². The maximum atomic E-state index is 12.1. The first-order chi connectivity index (χ1) is 10.8. The van der Waals surface area contributed by atoms with Crippen LogP contribution >= 0.6 is 0 Å². The molecule has 1 saturated heterocycles. The van der Waals surface area contributed by atoms with E-state index in [0.717, 1.165) is 5.56 Å².